The Labute approximate surface area is 118 Å². The minimum absolute atomic E-state index is 0.0622. The van der Waals surface area contributed by atoms with E-state index >= 15 is 0 Å². The van der Waals surface area contributed by atoms with Crippen molar-refractivity contribution in [3.05, 3.63) is 30.4 Å². The summed E-state index contributed by atoms with van der Waals surface area (Å²) in [7, 11) is 1.82. The van der Waals surface area contributed by atoms with Gasteiger partial charge < -0.3 is 9.88 Å². The number of nitrogens with zero attached hydrogens (tertiary/aromatic N) is 5. The molecule has 0 saturated heterocycles. The number of nitrogens with one attached hydrogen (secondary N) is 1. The van der Waals surface area contributed by atoms with Crippen molar-refractivity contribution in [3.63, 3.8) is 0 Å². The van der Waals surface area contributed by atoms with Crippen LogP contribution in [0.3, 0.4) is 0 Å². The lowest BCUT2D eigenvalue weighted by Crippen LogP contribution is -2.35. The zero-order chi connectivity index (χ0) is 14.7. The highest BCUT2D eigenvalue weighted by Gasteiger charge is 2.22. The summed E-state index contributed by atoms with van der Waals surface area (Å²) < 4.78 is 3.50. The summed E-state index contributed by atoms with van der Waals surface area (Å²) in [6, 6.07) is -0.154. The second-order valence-electron chi connectivity index (χ2n) is 5.13. The molecule has 0 spiro atoms. The first kappa shape index (κ1) is 14.2. The zero-order valence-electron chi connectivity index (χ0n) is 12.2. The Hall–Kier alpha value is -2.18. The van der Waals surface area contributed by atoms with Gasteiger partial charge in [-0.15, -0.1) is 0 Å². The van der Waals surface area contributed by atoms with E-state index in [0.717, 1.165) is 11.6 Å². The van der Waals surface area contributed by atoms with Crippen LogP contribution in [-0.2, 0) is 18.4 Å². The van der Waals surface area contributed by atoms with Crippen LogP contribution in [0.15, 0.2) is 18.7 Å². The second-order valence-corrected chi connectivity index (χ2v) is 5.13. The predicted octanol–water partition coefficient (Wildman–Crippen LogP) is 0.834. The van der Waals surface area contributed by atoms with Crippen LogP contribution in [0.4, 0.5) is 0 Å². The second kappa shape index (κ2) is 5.85. The van der Waals surface area contributed by atoms with Gasteiger partial charge in [-0.1, -0.05) is 13.8 Å². The highest BCUT2D eigenvalue weighted by atomic mass is 16.2. The number of amides is 1. The number of rotatable bonds is 5. The van der Waals surface area contributed by atoms with Crippen molar-refractivity contribution >= 4 is 5.91 Å². The highest BCUT2D eigenvalue weighted by molar-refractivity contribution is 5.76. The molecule has 0 bridgehead atoms. The van der Waals surface area contributed by atoms with E-state index in [4.69, 9.17) is 0 Å². The van der Waals surface area contributed by atoms with E-state index in [0.29, 0.717) is 0 Å². The van der Waals surface area contributed by atoms with Gasteiger partial charge in [0.25, 0.3) is 0 Å². The van der Waals surface area contributed by atoms with Gasteiger partial charge in [-0.05, 0) is 12.8 Å². The molecule has 0 radical (unpaired) electrons. The lowest BCUT2D eigenvalue weighted by atomic mass is 10.0. The summed E-state index contributed by atoms with van der Waals surface area (Å²) in [5.74, 6) is 1.74. The average Bonchev–Trinajstić information content (AvgIpc) is 2.96. The summed E-state index contributed by atoms with van der Waals surface area (Å²) in [6.07, 6.45) is 4.98. The van der Waals surface area contributed by atoms with Gasteiger partial charge in [0.1, 0.15) is 24.5 Å². The van der Waals surface area contributed by atoms with Crippen LogP contribution < -0.4 is 5.32 Å². The molecular formula is C13H20N6O. The molecule has 2 aromatic rings. The monoisotopic (exact) mass is 276 g/mol. The smallest absolute Gasteiger partial charge is 0.240 e. The topological polar surface area (TPSA) is 77.6 Å². The molecule has 0 fully saturated rings. The van der Waals surface area contributed by atoms with Crippen molar-refractivity contribution in [1.82, 2.24) is 29.6 Å². The summed E-state index contributed by atoms with van der Waals surface area (Å²) >= 11 is 0. The van der Waals surface area contributed by atoms with E-state index in [2.05, 4.69) is 20.4 Å². The van der Waals surface area contributed by atoms with Gasteiger partial charge in [0.15, 0.2) is 0 Å². The molecule has 2 aromatic heterocycles. The Morgan fingerprint density at radius 3 is 2.65 bits per heavy atom. The molecule has 7 nitrogen and oxygen atoms in total. The third-order valence-electron chi connectivity index (χ3n) is 3.25. The molecule has 20 heavy (non-hydrogen) atoms. The molecule has 7 heteroatoms. The normalized spacial score (nSPS) is 12.7. The Morgan fingerprint density at radius 2 is 2.15 bits per heavy atom. The standard InChI is InChI=1S/C13H20N6O/c1-9(2)12(13-15-8-16-18(13)4)17-11(20)7-19-6-5-14-10(19)3/h5-6,8-9,12H,7H2,1-4H3,(H,17,20)/t12-/m1/s1. The molecule has 0 aliphatic heterocycles. The quantitative estimate of drug-likeness (QED) is 0.877. The first-order valence-corrected chi connectivity index (χ1v) is 6.60. The highest BCUT2D eigenvalue weighted by Crippen LogP contribution is 2.18. The lowest BCUT2D eigenvalue weighted by Gasteiger charge is -2.21. The van der Waals surface area contributed by atoms with Crippen molar-refractivity contribution in [2.75, 3.05) is 0 Å². The first-order valence-electron chi connectivity index (χ1n) is 6.60. The van der Waals surface area contributed by atoms with E-state index in [1.165, 1.54) is 6.33 Å². The van der Waals surface area contributed by atoms with Crippen molar-refractivity contribution in [3.8, 4) is 0 Å². The van der Waals surface area contributed by atoms with Crippen molar-refractivity contribution in [1.29, 1.82) is 0 Å². The van der Waals surface area contributed by atoms with E-state index in [-0.39, 0.29) is 24.4 Å². The molecule has 0 aliphatic rings. The Morgan fingerprint density at radius 1 is 1.40 bits per heavy atom. The SMILES string of the molecule is Cc1nccn1CC(=O)N[C@@H](c1ncnn1C)C(C)C. The van der Waals surface area contributed by atoms with Crippen molar-refractivity contribution in [2.45, 2.75) is 33.4 Å². The molecule has 2 rings (SSSR count). The maximum absolute atomic E-state index is 12.2. The van der Waals surface area contributed by atoms with Gasteiger partial charge in [-0.25, -0.2) is 9.97 Å². The molecule has 0 aliphatic carbocycles. The van der Waals surface area contributed by atoms with Crippen LogP contribution in [0.25, 0.3) is 0 Å². The van der Waals surface area contributed by atoms with Crippen LogP contribution in [0, 0.1) is 12.8 Å². The molecule has 108 valence electrons. The molecule has 2 heterocycles. The minimum atomic E-state index is -0.154. The molecule has 0 aromatic carbocycles. The number of hydrogen-bond acceptors (Lipinski definition) is 4. The van der Waals surface area contributed by atoms with E-state index in [9.17, 15) is 4.79 Å². The Balaban J connectivity index is 2.08. The van der Waals surface area contributed by atoms with Gasteiger partial charge in [0.05, 0.1) is 6.04 Å². The summed E-state index contributed by atoms with van der Waals surface area (Å²) in [5, 5.41) is 7.07. The molecule has 0 saturated carbocycles. The van der Waals surface area contributed by atoms with Crippen molar-refractivity contribution < 1.29 is 4.79 Å². The Bertz CT molecular complexity index is 585. The average molecular weight is 276 g/mol. The summed E-state index contributed by atoms with van der Waals surface area (Å²) in [5.41, 5.74) is 0. The molecule has 0 unspecified atom stereocenters. The number of carbonyl (C=O) groups excluding carboxylic acids is 1. The fourth-order valence-corrected chi connectivity index (χ4v) is 2.06. The Kier molecular flexibility index (Phi) is 4.16. The third kappa shape index (κ3) is 3.04. The number of aryl methyl sites for hydroxylation is 2. The van der Waals surface area contributed by atoms with Crippen LogP contribution in [-0.4, -0.2) is 30.2 Å². The van der Waals surface area contributed by atoms with Gasteiger partial charge in [-0.2, -0.15) is 5.10 Å². The van der Waals surface area contributed by atoms with Crippen LogP contribution in [0.5, 0.6) is 0 Å². The number of imidazole rings is 1. The first-order chi connectivity index (χ1) is 9.49. The number of carbonyl (C=O) groups is 1. The maximum Gasteiger partial charge on any atom is 0.240 e. The predicted molar refractivity (Wildman–Crippen MR) is 73.7 cm³/mol. The van der Waals surface area contributed by atoms with E-state index in [1.807, 2.05) is 32.4 Å². The fourth-order valence-electron chi connectivity index (χ4n) is 2.06. The number of hydrogen-bond donors (Lipinski definition) is 1. The van der Waals surface area contributed by atoms with Gasteiger partial charge >= 0.3 is 0 Å². The third-order valence-corrected chi connectivity index (χ3v) is 3.25. The van der Waals surface area contributed by atoms with Gasteiger partial charge in [0.2, 0.25) is 5.91 Å². The van der Waals surface area contributed by atoms with Crippen molar-refractivity contribution in [2.24, 2.45) is 13.0 Å². The van der Waals surface area contributed by atoms with Crippen LogP contribution in [0.1, 0.15) is 31.5 Å². The van der Waals surface area contributed by atoms with E-state index in [1.54, 1.807) is 17.1 Å². The minimum Gasteiger partial charge on any atom is -0.344 e. The molecule has 1 amide bonds. The maximum atomic E-state index is 12.2. The summed E-state index contributed by atoms with van der Waals surface area (Å²) in [4.78, 5) is 20.5. The largest absolute Gasteiger partial charge is 0.344 e. The number of aromatic nitrogens is 5. The molecule has 1 atom stereocenters. The summed E-state index contributed by atoms with van der Waals surface area (Å²) in [6.45, 7) is 6.22. The molecular weight excluding hydrogens is 256 g/mol. The zero-order valence-corrected chi connectivity index (χ0v) is 12.2. The van der Waals surface area contributed by atoms with E-state index < -0.39 is 0 Å². The van der Waals surface area contributed by atoms with Gasteiger partial charge in [-0.3, -0.25) is 9.48 Å². The van der Waals surface area contributed by atoms with Crippen LogP contribution in [0.2, 0.25) is 0 Å². The fraction of sp³-hybridized carbons (Fsp3) is 0.538. The van der Waals surface area contributed by atoms with Gasteiger partial charge in [0, 0.05) is 19.4 Å². The van der Waals surface area contributed by atoms with Crippen LogP contribution >= 0.6 is 0 Å². The molecule has 1 N–H and O–H groups in total. The lowest BCUT2D eigenvalue weighted by molar-refractivity contribution is -0.122.